The molecule has 1 aliphatic heterocycles. The lowest BCUT2D eigenvalue weighted by atomic mass is 10.1. The highest BCUT2D eigenvalue weighted by molar-refractivity contribution is 8.00. The molecule has 3 amide bonds. The van der Waals surface area contributed by atoms with E-state index in [1.165, 1.54) is 0 Å². The van der Waals surface area contributed by atoms with Crippen LogP contribution in [0.15, 0.2) is 35.2 Å². The number of amides is 3. The zero-order valence-corrected chi connectivity index (χ0v) is 15.1. The number of benzene rings is 2. The van der Waals surface area contributed by atoms with E-state index in [1.54, 1.807) is 37.3 Å². The molecule has 28 heavy (non-hydrogen) atoms. The lowest BCUT2D eigenvalue weighted by molar-refractivity contribution is -0.137. The largest absolute Gasteiger partial charge is 0.331 e. The number of rotatable bonds is 4. The van der Waals surface area contributed by atoms with Gasteiger partial charge in [0, 0.05) is 0 Å². The second-order valence-electron chi connectivity index (χ2n) is 6.02. The van der Waals surface area contributed by atoms with Crippen LogP contribution in [0.5, 0.6) is 0 Å². The molecule has 4 nitrogen and oxygen atoms in total. The lowest BCUT2D eigenvalue weighted by Crippen LogP contribution is -2.57. The monoisotopic (exact) mass is 416 g/mol. The van der Waals surface area contributed by atoms with Crippen LogP contribution in [-0.2, 0) is 4.79 Å². The number of carbonyl (C=O) groups excluding carboxylic acids is 2. The lowest BCUT2D eigenvalue weighted by Gasteiger charge is -2.38. The molecule has 0 saturated carbocycles. The van der Waals surface area contributed by atoms with Gasteiger partial charge in [-0.15, -0.1) is 0 Å². The van der Waals surface area contributed by atoms with Crippen molar-refractivity contribution in [1.29, 1.82) is 0 Å². The summed E-state index contributed by atoms with van der Waals surface area (Å²) in [5.41, 5.74) is 0.757. The second-order valence-corrected chi connectivity index (χ2v) is 7.21. The van der Waals surface area contributed by atoms with Crippen LogP contribution in [0.3, 0.4) is 0 Å². The number of hydrogen-bond donors (Lipinski definition) is 1. The number of likely N-dealkylation sites (tertiary alicyclic amines) is 1. The molecule has 2 aromatic carbocycles. The smallest absolute Gasteiger partial charge is 0.325 e. The molecule has 1 fully saturated rings. The van der Waals surface area contributed by atoms with Crippen LogP contribution in [0.4, 0.5) is 26.7 Å². The minimum Gasteiger partial charge on any atom is -0.331 e. The third-order valence-corrected chi connectivity index (χ3v) is 5.43. The highest BCUT2D eigenvalue weighted by Gasteiger charge is 2.43. The minimum atomic E-state index is -2.27. The summed E-state index contributed by atoms with van der Waals surface area (Å²) >= 11 is 0.231. The summed E-state index contributed by atoms with van der Waals surface area (Å²) in [5.74, 6) is -11.1. The number of imide groups is 1. The van der Waals surface area contributed by atoms with E-state index in [-0.39, 0.29) is 18.2 Å². The fraction of sp³-hybridized carbons (Fsp3) is 0.222. The van der Waals surface area contributed by atoms with E-state index >= 15 is 0 Å². The summed E-state index contributed by atoms with van der Waals surface area (Å²) in [7, 11) is 0. The molecule has 2 atom stereocenters. The molecule has 1 heterocycles. The Morgan fingerprint density at radius 3 is 2.11 bits per heavy atom. The van der Waals surface area contributed by atoms with E-state index < -0.39 is 57.3 Å². The van der Waals surface area contributed by atoms with Gasteiger partial charge in [0.05, 0.1) is 17.4 Å². The Morgan fingerprint density at radius 1 is 1.04 bits per heavy atom. The SMILES string of the molecule is C[C@@H](NC(=O)N1C(=O)C[C@@H]1Sc1c(F)c(F)c(F)c(F)c1F)c1ccccc1. The first-order valence-corrected chi connectivity index (χ1v) is 8.96. The standard InChI is InChI=1S/C18H13F5N2O2S/c1-8(9-5-3-2-4-6-9)24-18(27)25-10(26)7-11(25)28-17-15(22)13(20)12(19)14(21)16(17)23/h2-6,8,11H,7H2,1H3,(H,24,27)/t8-,11+/m1/s1. The maximum absolute atomic E-state index is 13.8. The number of nitrogens with one attached hydrogen (secondary N) is 1. The maximum Gasteiger partial charge on any atom is 0.325 e. The van der Waals surface area contributed by atoms with E-state index in [4.69, 9.17) is 0 Å². The average molecular weight is 416 g/mol. The van der Waals surface area contributed by atoms with Gasteiger partial charge >= 0.3 is 6.03 Å². The van der Waals surface area contributed by atoms with Crippen LogP contribution in [0.1, 0.15) is 24.9 Å². The third kappa shape index (κ3) is 3.56. The topological polar surface area (TPSA) is 49.4 Å². The molecule has 0 unspecified atom stereocenters. The predicted octanol–water partition coefficient (Wildman–Crippen LogP) is 4.50. The number of hydrogen-bond acceptors (Lipinski definition) is 3. The average Bonchev–Trinajstić information content (AvgIpc) is 2.67. The van der Waals surface area contributed by atoms with Crippen LogP contribution in [-0.4, -0.2) is 22.2 Å². The Labute approximate surface area is 160 Å². The molecular weight excluding hydrogens is 403 g/mol. The van der Waals surface area contributed by atoms with E-state index in [0.717, 1.165) is 5.56 Å². The molecule has 2 aromatic rings. The van der Waals surface area contributed by atoms with Gasteiger partial charge in [0.15, 0.2) is 23.3 Å². The number of halogens is 5. The van der Waals surface area contributed by atoms with Crippen molar-refractivity contribution < 1.29 is 31.5 Å². The molecule has 10 heteroatoms. The van der Waals surface area contributed by atoms with E-state index in [2.05, 4.69) is 5.32 Å². The number of thioether (sulfide) groups is 1. The molecule has 1 aliphatic rings. The highest BCUT2D eigenvalue weighted by Crippen LogP contribution is 2.39. The molecule has 0 radical (unpaired) electrons. The zero-order chi connectivity index (χ0) is 20.6. The molecule has 148 valence electrons. The van der Waals surface area contributed by atoms with Crippen molar-refractivity contribution in [2.45, 2.75) is 29.7 Å². The Bertz CT molecular complexity index is 912. The molecule has 1 saturated heterocycles. The van der Waals surface area contributed by atoms with E-state index in [0.29, 0.717) is 4.90 Å². The van der Waals surface area contributed by atoms with E-state index in [9.17, 15) is 31.5 Å². The first-order chi connectivity index (χ1) is 13.2. The Balaban J connectivity index is 1.76. The van der Waals surface area contributed by atoms with Crippen molar-refractivity contribution >= 4 is 23.7 Å². The van der Waals surface area contributed by atoms with Crippen LogP contribution in [0.2, 0.25) is 0 Å². The third-order valence-electron chi connectivity index (χ3n) is 4.19. The van der Waals surface area contributed by atoms with E-state index in [1.807, 2.05) is 0 Å². The Kier molecular flexibility index (Phi) is 5.59. The van der Waals surface area contributed by atoms with Gasteiger partial charge in [-0.2, -0.15) is 0 Å². The quantitative estimate of drug-likeness (QED) is 0.346. The van der Waals surface area contributed by atoms with Gasteiger partial charge < -0.3 is 5.32 Å². The predicted molar refractivity (Wildman–Crippen MR) is 90.7 cm³/mol. The molecular formula is C18H13F5N2O2S. The zero-order valence-electron chi connectivity index (χ0n) is 14.3. The summed E-state index contributed by atoms with van der Waals surface area (Å²) in [6.45, 7) is 1.67. The van der Waals surface area contributed by atoms with Gasteiger partial charge in [-0.3, -0.25) is 9.69 Å². The summed E-state index contributed by atoms with van der Waals surface area (Å²) in [6.07, 6.45) is -0.280. The van der Waals surface area contributed by atoms with Crippen molar-refractivity contribution in [3.05, 3.63) is 65.0 Å². The fourth-order valence-corrected chi connectivity index (χ4v) is 3.83. The highest BCUT2D eigenvalue weighted by atomic mass is 32.2. The molecule has 0 aliphatic carbocycles. The summed E-state index contributed by atoms with van der Waals surface area (Å²) in [4.78, 5) is 23.7. The fourth-order valence-electron chi connectivity index (χ4n) is 2.63. The molecule has 0 aromatic heterocycles. The molecule has 1 N–H and O–H groups in total. The number of β-lactam (4-membered cyclic amide) rings is 1. The summed E-state index contributed by atoms with van der Waals surface area (Å²) < 4.78 is 67.5. The van der Waals surface area contributed by atoms with Crippen molar-refractivity contribution in [2.24, 2.45) is 0 Å². The maximum atomic E-state index is 13.8. The second kappa shape index (κ2) is 7.78. The van der Waals surface area contributed by atoms with Gasteiger partial charge in [-0.25, -0.2) is 26.7 Å². The van der Waals surface area contributed by atoms with Gasteiger partial charge in [0.2, 0.25) is 11.7 Å². The first kappa shape index (κ1) is 20.1. The summed E-state index contributed by atoms with van der Waals surface area (Å²) in [5, 5.41) is 1.47. The van der Waals surface area contributed by atoms with Crippen LogP contribution in [0, 0.1) is 29.1 Å². The van der Waals surface area contributed by atoms with Crippen LogP contribution >= 0.6 is 11.8 Å². The van der Waals surface area contributed by atoms with Crippen LogP contribution < -0.4 is 5.32 Å². The van der Waals surface area contributed by atoms with Crippen molar-refractivity contribution in [3.63, 3.8) is 0 Å². The summed E-state index contributed by atoms with van der Waals surface area (Å²) in [6, 6.07) is 7.51. The Hall–Kier alpha value is -2.62. The van der Waals surface area contributed by atoms with Gasteiger partial charge in [0.1, 0.15) is 5.37 Å². The molecule has 0 spiro atoms. The molecule has 0 bridgehead atoms. The number of urea groups is 1. The number of carbonyl (C=O) groups is 2. The van der Waals surface area contributed by atoms with Crippen molar-refractivity contribution in [1.82, 2.24) is 10.2 Å². The van der Waals surface area contributed by atoms with Crippen molar-refractivity contribution in [3.8, 4) is 0 Å². The number of nitrogens with zero attached hydrogens (tertiary/aromatic N) is 1. The van der Waals surface area contributed by atoms with Gasteiger partial charge in [0.25, 0.3) is 0 Å². The normalized spacial score (nSPS) is 17.3. The first-order valence-electron chi connectivity index (χ1n) is 8.08. The van der Waals surface area contributed by atoms with Gasteiger partial charge in [-0.1, -0.05) is 42.1 Å². The Morgan fingerprint density at radius 2 is 1.57 bits per heavy atom. The van der Waals surface area contributed by atoms with Crippen molar-refractivity contribution in [2.75, 3.05) is 0 Å². The van der Waals surface area contributed by atoms with Crippen LogP contribution in [0.25, 0.3) is 0 Å². The minimum absolute atomic E-state index is 0.231. The van der Waals surface area contributed by atoms with Gasteiger partial charge in [-0.05, 0) is 12.5 Å². The molecule has 3 rings (SSSR count).